The van der Waals surface area contributed by atoms with E-state index in [0.717, 1.165) is 11.5 Å². The molecule has 0 unspecified atom stereocenters. The van der Waals surface area contributed by atoms with E-state index in [1.165, 1.54) is 17.9 Å². The van der Waals surface area contributed by atoms with Crippen LogP contribution in [0.5, 0.6) is 0 Å². The molecule has 0 atom stereocenters. The molecule has 0 aliphatic carbocycles. The minimum absolute atomic E-state index is 0.333. The Morgan fingerprint density at radius 2 is 1.71 bits per heavy atom. The van der Waals surface area contributed by atoms with Crippen LogP contribution in [0.2, 0.25) is 0 Å². The van der Waals surface area contributed by atoms with E-state index in [9.17, 15) is 13.2 Å². The Kier molecular flexibility index (Phi) is 3.96. The molecule has 4 heterocycles. The first kappa shape index (κ1) is 19.0. The van der Waals surface area contributed by atoms with Crippen LogP contribution < -0.4 is 5.59 Å². The number of nitrogens with one attached hydrogen (secondary N) is 1. The topological polar surface area (TPSA) is 65.0 Å². The lowest BCUT2D eigenvalue weighted by atomic mass is 9.85. The third-order valence-corrected chi connectivity index (χ3v) is 5.46. The second-order valence-electron chi connectivity index (χ2n) is 8.01. The number of aryl methyl sites for hydroxylation is 1. The van der Waals surface area contributed by atoms with Crippen LogP contribution in [-0.4, -0.2) is 38.1 Å². The summed E-state index contributed by atoms with van der Waals surface area (Å²) < 4.78 is 52.1. The molecule has 6 nitrogen and oxygen atoms in total. The van der Waals surface area contributed by atoms with Crippen LogP contribution in [0.25, 0.3) is 22.3 Å². The first-order valence-corrected chi connectivity index (χ1v) is 8.83. The van der Waals surface area contributed by atoms with E-state index in [2.05, 4.69) is 15.1 Å². The summed E-state index contributed by atoms with van der Waals surface area (Å²) in [6, 6.07) is 4.63. The fourth-order valence-corrected chi connectivity index (χ4v) is 3.15. The highest BCUT2D eigenvalue weighted by molar-refractivity contribution is 6.61. The minimum atomic E-state index is -4.49. The first-order chi connectivity index (χ1) is 12.9. The number of alkyl halides is 3. The van der Waals surface area contributed by atoms with Crippen LogP contribution in [0.4, 0.5) is 13.2 Å². The van der Waals surface area contributed by atoms with Crippen molar-refractivity contribution in [3.05, 3.63) is 30.1 Å². The summed E-state index contributed by atoms with van der Waals surface area (Å²) >= 11 is 0. The van der Waals surface area contributed by atoms with E-state index in [0.29, 0.717) is 22.5 Å². The van der Waals surface area contributed by atoms with Crippen molar-refractivity contribution < 1.29 is 22.5 Å². The molecule has 1 N–H and O–H groups in total. The number of aromatic amines is 1. The fourth-order valence-electron chi connectivity index (χ4n) is 3.15. The van der Waals surface area contributed by atoms with Gasteiger partial charge in [0.1, 0.15) is 5.65 Å². The standard InChI is InChI=1S/C18H20BF3N4O2/c1-16(2)17(3,4)28-19(27-16)14-7-10-6-11(9-23-15(10)24-14)12-8-13(18(20,21)22)25-26(12)5/h6-9H,1-5H3,(H,23,24). The molecule has 1 saturated heterocycles. The van der Waals surface area contributed by atoms with Gasteiger partial charge in [0.05, 0.1) is 16.9 Å². The van der Waals surface area contributed by atoms with Crippen molar-refractivity contribution in [2.75, 3.05) is 0 Å². The van der Waals surface area contributed by atoms with Crippen LogP contribution in [0.3, 0.4) is 0 Å². The maximum absolute atomic E-state index is 12.9. The molecule has 0 amide bonds. The maximum Gasteiger partial charge on any atom is 0.512 e. The Labute approximate surface area is 160 Å². The lowest BCUT2D eigenvalue weighted by Gasteiger charge is -2.32. The van der Waals surface area contributed by atoms with Gasteiger partial charge in [0.15, 0.2) is 5.69 Å². The number of hydrogen-bond donors (Lipinski definition) is 1. The fraction of sp³-hybridized carbons (Fsp3) is 0.444. The van der Waals surface area contributed by atoms with Gasteiger partial charge in [-0.05, 0) is 45.9 Å². The summed E-state index contributed by atoms with van der Waals surface area (Å²) in [6.07, 6.45) is -2.98. The zero-order valence-electron chi connectivity index (χ0n) is 16.2. The molecular formula is C18H20BF3N4O2. The van der Waals surface area contributed by atoms with E-state index in [-0.39, 0.29) is 0 Å². The SMILES string of the molecule is Cn1nc(C(F)(F)F)cc1-c1cnc2[nH]c(B3OC(C)(C)C(C)(C)O3)cc2c1. The smallest absolute Gasteiger partial charge is 0.398 e. The van der Waals surface area contributed by atoms with E-state index in [4.69, 9.17) is 9.31 Å². The number of rotatable bonds is 2. The van der Waals surface area contributed by atoms with Crippen LogP contribution >= 0.6 is 0 Å². The van der Waals surface area contributed by atoms with Gasteiger partial charge in [-0.15, -0.1) is 0 Å². The monoisotopic (exact) mass is 392 g/mol. The van der Waals surface area contributed by atoms with E-state index in [1.54, 1.807) is 6.07 Å². The minimum Gasteiger partial charge on any atom is -0.398 e. The van der Waals surface area contributed by atoms with Gasteiger partial charge in [0.25, 0.3) is 0 Å². The molecule has 0 aromatic carbocycles. The maximum atomic E-state index is 12.9. The van der Waals surface area contributed by atoms with Crippen molar-refractivity contribution in [1.82, 2.24) is 19.7 Å². The molecule has 1 aliphatic rings. The van der Waals surface area contributed by atoms with Gasteiger partial charge in [-0.25, -0.2) is 4.98 Å². The zero-order chi connectivity index (χ0) is 20.5. The molecule has 0 saturated carbocycles. The quantitative estimate of drug-likeness (QED) is 0.680. The summed E-state index contributed by atoms with van der Waals surface area (Å²) in [7, 11) is 0.901. The largest absolute Gasteiger partial charge is 0.512 e. The molecule has 148 valence electrons. The summed E-state index contributed by atoms with van der Waals surface area (Å²) in [5.41, 5.74) is 0.299. The van der Waals surface area contributed by atoms with Gasteiger partial charge in [-0.2, -0.15) is 18.3 Å². The van der Waals surface area contributed by atoms with Gasteiger partial charge in [0, 0.05) is 29.8 Å². The second kappa shape index (κ2) is 5.84. The lowest BCUT2D eigenvalue weighted by molar-refractivity contribution is -0.141. The van der Waals surface area contributed by atoms with Crippen molar-refractivity contribution in [3.8, 4) is 11.3 Å². The highest BCUT2D eigenvalue weighted by atomic mass is 19.4. The predicted molar refractivity (Wildman–Crippen MR) is 99.0 cm³/mol. The lowest BCUT2D eigenvalue weighted by Crippen LogP contribution is -2.41. The zero-order valence-corrected chi connectivity index (χ0v) is 16.2. The van der Waals surface area contributed by atoms with E-state index in [1.807, 2.05) is 33.8 Å². The number of halogens is 3. The number of aromatic nitrogens is 4. The molecule has 4 rings (SSSR count). The van der Waals surface area contributed by atoms with Gasteiger partial charge < -0.3 is 14.3 Å². The highest BCUT2D eigenvalue weighted by Crippen LogP contribution is 2.37. The number of fused-ring (bicyclic) bond motifs is 1. The average molecular weight is 392 g/mol. The first-order valence-electron chi connectivity index (χ1n) is 8.83. The van der Waals surface area contributed by atoms with Gasteiger partial charge in [-0.1, -0.05) is 0 Å². The molecular weight excluding hydrogens is 372 g/mol. The van der Waals surface area contributed by atoms with E-state index < -0.39 is 30.2 Å². The summed E-state index contributed by atoms with van der Waals surface area (Å²) in [5, 5.41) is 4.30. The summed E-state index contributed by atoms with van der Waals surface area (Å²) in [5.74, 6) is 0. The van der Waals surface area contributed by atoms with Crippen molar-refractivity contribution >= 4 is 23.7 Å². The van der Waals surface area contributed by atoms with Crippen molar-refractivity contribution in [3.63, 3.8) is 0 Å². The Balaban J connectivity index is 1.70. The molecule has 10 heteroatoms. The molecule has 28 heavy (non-hydrogen) atoms. The predicted octanol–water partition coefficient (Wildman–Crippen LogP) is 3.28. The summed E-state index contributed by atoms with van der Waals surface area (Å²) in [6.45, 7) is 7.86. The second-order valence-corrected chi connectivity index (χ2v) is 8.01. The number of H-pyrrole nitrogens is 1. The highest BCUT2D eigenvalue weighted by Gasteiger charge is 2.52. The van der Waals surface area contributed by atoms with Gasteiger partial charge >= 0.3 is 13.3 Å². The molecule has 1 aliphatic heterocycles. The molecule has 1 fully saturated rings. The Morgan fingerprint density at radius 3 is 2.29 bits per heavy atom. The van der Waals surface area contributed by atoms with Crippen LogP contribution in [0.15, 0.2) is 24.4 Å². The Bertz CT molecular complexity index is 1040. The molecule has 3 aromatic rings. The third kappa shape index (κ3) is 3.00. The normalized spacial score (nSPS) is 18.9. The molecule has 0 radical (unpaired) electrons. The number of hydrogen-bond acceptors (Lipinski definition) is 4. The van der Waals surface area contributed by atoms with Crippen molar-refractivity contribution in [1.29, 1.82) is 0 Å². The van der Waals surface area contributed by atoms with Crippen LogP contribution in [-0.2, 0) is 22.5 Å². The van der Waals surface area contributed by atoms with Gasteiger partial charge in [0.2, 0.25) is 0 Å². The molecule has 0 spiro atoms. The van der Waals surface area contributed by atoms with Gasteiger partial charge in [-0.3, -0.25) is 4.68 Å². The Hall–Kier alpha value is -2.33. The average Bonchev–Trinajstić information content (AvgIpc) is 3.20. The van der Waals surface area contributed by atoms with Crippen molar-refractivity contribution in [2.24, 2.45) is 7.05 Å². The van der Waals surface area contributed by atoms with Crippen LogP contribution in [0.1, 0.15) is 33.4 Å². The number of nitrogens with zero attached hydrogens (tertiary/aromatic N) is 3. The summed E-state index contributed by atoms with van der Waals surface area (Å²) in [4.78, 5) is 7.52. The third-order valence-electron chi connectivity index (χ3n) is 5.46. The molecule has 3 aromatic heterocycles. The van der Waals surface area contributed by atoms with Crippen molar-refractivity contribution in [2.45, 2.75) is 45.1 Å². The van der Waals surface area contributed by atoms with E-state index >= 15 is 0 Å². The van der Waals surface area contributed by atoms with Crippen LogP contribution in [0, 0.1) is 0 Å². The number of pyridine rings is 1. The molecule has 0 bridgehead atoms. The Morgan fingerprint density at radius 1 is 1.07 bits per heavy atom.